The number of aliphatic hydroxyl groups is 1. The summed E-state index contributed by atoms with van der Waals surface area (Å²) in [4.78, 5) is 12.1. The van der Waals surface area contributed by atoms with Crippen LogP contribution >= 0.6 is 0 Å². The summed E-state index contributed by atoms with van der Waals surface area (Å²) in [7, 11) is 1.60. The third-order valence-electron chi connectivity index (χ3n) is 3.98. The van der Waals surface area contributed by atoms with Crippen molar-refractivity contribution in [3.05, 3.63) is 29.3 Å². The van der Waals surface area contributed by atoms with Gasteiger partial charge in [-0.25, -0.2) is 0 Å². The van der Waals surface area contributed by atoms with Gasteiger partial charge in [-0.15, -0.1) is 0 Å². The Morgan fingerprint density at radius 1 is 1.45 bits per heavy atom. The zero-order valence-corrected chi connectivity index (χ0v) is 12.2. The Bertz CT molecular complexity index is 473. The Morgan fingerprint density at radius 2 is 2.25 bits per heavy atom. The number of carbonyl (C=O) groups excluding carboxylic acids is 1. The van der Waals surface area contributed by atoms with E-state index in [-0.39, 0.29) is 12.0 Å². The van der Waals surface area contributed by atoms with E-state index in [9.17, 15) is 9.90 Å². The molecule has 4 heteroatoms. The molecular formula is C16H23NO3. The molecule has 2 atom stereocenters. The molecule has 0 heterocycles. The molecular weight excluding hydrogens is 254 g/mol. The summed E-state index contributed by atoms with van der Waals surface area (Å²) in [5, 5.41) is 12.6. The molecule has 2 unspecified atom stereocenters. The summed E-state index contributed by atoms with van der Waals surface area (Å²) in [5.74, 6) is 1.03. The maximum atomic E-state index is 12.1. The molecule has 4 nitrogen and oxygen atoms in total. The van der Waals surface area contributed by atoms with Crippen LogP contribution < -0.4 is 10.1 Å². The van der Waals surface area contributed by atoms with E-state index in [4.69, 9.17) is 4.74 Å². The highest BCUT2D eigenvalue weighted by atomic mass is 16.5. The number of nitrogens with one attached hydrogen (secondary N) is 1. The van der Waals surface area contributed by atoms with Crippen LogP contribution in [0.2, 0.25) is 0 Å². The van der Waals surface area contributed by atoms with E-state index in [0.717, 1.165) is 37.0 Å². The van der Waals surface area contributed by atoms with Crippen molar-refractivity contribution in [3.63, 3.8) is 0 Å². The smallest absolute Gasteiger partial charge is 0.251 e. The fraction of sp³-hybridized carbons (Fsp3) is 0.562. The van der Waals surface area contributed by atoms with Crippen molar-refractivity contribution in [2.45, 2.75) is 38.7 Å². The molecule has 0 aromatic heterocycles. The molecule has 0 radical (unpaired) electrons. The van der Waals surface area contributed by atoms with Crippen LogP contribution in [0.4, 0.5) is 0 Å². The minimum Gasteiger partial charge on any atom is -0.496 e. The predicted octanol–water partition coefficient (Wildman–Crippen LogP) is 2.28. The van der Waals surface area contributed by atoms with E-state index in [0.29, 0.717) is 18.0 Å². The third kappa shape index (κ3) is 3.73. The number of carbonyl (C=O) groups is 1. The van der Waals surface area contributed by atoms with Crippen molar-refractivity contribution in [3.8, 4) is 5.75 Å². The summed E-state index contributed by atoms with van der Waals surface area (Å²) < 4.78 is 5.23. The summed E-state index contributed by atoms with van der Waals surface area (Å²) in [6.07, 6.45) is 3.59. The van der Waals surface area contributed by atoms with Gasteiger partial charge in [-0.05, 0) is 49.8 Å². The van der Waals surface area contributed by atoms with E-state index in [1.807, 2.05) is 19.1 Å². The molecule has 1 aliphatic rings. The molecule has 1 saturated carbocycles. The Kier molecular flexibility index (Phi) is 5.01. The number of hydrogen-bond acceptors (Lipinski definition) is 3. The largest absolute Gasteiger partial charge is 0.496 e. The number of ether oxygens (including phenoxy) is 1. The lowest BCUT2D eigenvalue weighted by molar-refractivity contribution is 0.0873. The summed E-state index contributed by atoms with van der Waals surface area (Å²) >= 11 is 0. The second-order valence-electron chi connectivity index (χ2n) is 5.58. The molecule has 0 bridgehead atoms. The lowest BCUT2D eigenvalue weighted by Gasteiger charge is -2.25. The van der Waals surface area contributed by atoms with Gasteiger partial charge in [0.05, 0.1) is 13.2 Å². The average molecular weight is 277 g/mol. The molecule has 0 saturated heterocycles. The van der Waals surface area contributed by atoms with E-state index in [1.54, 1.807) is 13.2 Å². The summed E-state index contributed by atoms with van der Waals surface area (Å²) in [5.41, 5.74) is 1.63. The zero-order valence-electron chi connectivity index (χ0n) is 12.2. The maximum Gasteiger partial charge on any atom is 0.251 e. The molecule has 2 N–H and O–H groups in total. The molecule has 0 aliphatic heterocycles. The zero-order chi connectivity index (χ0) is 14.5. The van der Waals surface area contributed by atoms with E-state index in [2.05, 4.69) is 5.32 Å². The van der Waals surface area contributed by atoms with Crippen LogP contribution in [-0.2, 0) is 0 Å². The number of rotatable bonds is 4. The van der Waals surface area contributed by atoms with Crippen molar-refractivity contribution >= 4 is 5.91 Å². The number of hydrogen-bond donors (Lipinski definition) is 2. The molecule has 2 rings (SSSR count). The van der Waals surface area contributed by atoms with Crippen molar-refractivity contribution in [1.82, 2.24) is 5.32 Å². The van der Waals surface area contributed by atoms with Gasteiger partial charge in [0.25, 0.3) is 5.91 Å². The monoisotopic (exact) mass is 277 g/mol. The molecule has 1 aromatic rings. The average Bonchev–Trinajstić information content (AvgIpc) is 2.45. The predicted molar refractivity (Wildman–Crippen MR) is 78.0 cm³/mol. The van der Waals surface area contributed by atoms with Crippen LogP contribution in [0.25, 0.3) is 0 Å². The second kappa shape index (κ2) is 6.75. The molecule has 110 valence electrons. The lowest BCUT2D eigenvalue weighted by atomic mass is 9.87. The second-order valence-corrected chi connectivity index (χ2v) is 5.58. The topological polar surface area (TPSA) is 58.6 Å². The van der Waals surface area contributed by atoms with Gasteiger partial charge in [0.1, 0.15) is 5.75 Å². The number of aryl methyl sites for hydroxylation is 1. The molecule has 1 aromatic carbocycles. The number of amides is 1. The Labute approximate surface area is 120 Å². The normalized spacial score (nSPS) is 22.4. The molecule has 0 spiro atoms. The van der Waals surface area contributed by atoms with Crippen LogP contribution in [0.5, 0.6) is 5.75 Å². The fourth-order valence-corrected chi connectivity index (χ4v) is 2.75. The first-order valence-electron chi connectivity index (χ1n) is 7.21. The SMILES string of the molecule is COc1cc(C(=O)NCC2CCCC(O)C2)ccc1C. The molecule has 1 amide bonds. The van der Waals surface area contributed by atoms with Crippen molar-refractivity contribution in [2.24, 2.45) is 5.92 Å². The number of methoxy groups -OCH3 is 1. The van der Waals surface area contributed by atoms with E-state index >= 15 is 0 Å². The minimum atomic E-state index is -0.204. The first kappa shape index (κ1) is 14.9. The van der Waals surface area contributed by atoms with E-state index < -0.39 is 0 Å². The first-order chi connectivity index (χ1) is 9.60. The van der Waals surface area contributed by atoms with Gasteiger partial charge in [-0.1, -0.05) is 12.5 Å². The van der Waals surface area contributed by atoms with Gasteiger partial charge >= 0.3 is 0 Å². The fourth-order valence-electron chi connectivity index (χ4n) is 2.75. The highest BCUT2D eigenvalue weighted by Gasteiger charge is 2.20. The summed E-state index contributed by atoms with van der Waals surface area (Å²) in [6.45, 7) is 2.58. The summed E-state index contributed by atoms with van der Waals surface area (Å²) in [6, 6.07) is 5.46. The van der Waals surface area contributed by atoms with Crippen LogP contribution in [-0.4, -0.2) is 30.8 Å². The van der Waals surface area contributed by atoms with Gasteiger partial charge in [0.15, 0.2) is 0 Å². The standard InChI is InChI=1S/C16H23NO3/c1-11-6-7-13(9-15(11)20-2)16(19)17-10-12-4-3-5-14(18)8-12/h6-7,9,12,14,18H,3-5,8,10H2,1-2H3,(H,17,19). The third-order valence-corrected chi connectivity index (χ3v) is 3.98. The Balaban J connectivity index is 1.91. The Morgan fingerprint density at radius 3 is 2.95 bits per heavy atom. The quantitative estimate of drug-likeness (QED) is 0.887. The van der Waals surface area contributed by atoms with Crippen LogP contribution in [0.3, 0.4) is 0 Å². The number of benzene rings is 1. The maximum absolute atomic E-state index is 12.1. The van der Waals surface area contributed by atoms with Crippen molar-refractivity contribution in [1.29, 1.82) is 0 Å². The highest BCUT2D eigenvalue weighted by Crippen LogP contribution is 2.24. The minimum absolute atomic E-state index is 0.0802. The Hall–Kier alpha value is -1.55. The van der Waals surface area contributed by atoms with Gasteiger partial charge in [0.2, 0.25) is 0 Å². The van der Waals surface area contributed by atoms with Crippen LogP contribution in [0.1, 0.15) is 41.6 Å². The van der Waals surface area contributed by atoms with Crippen molar-refractivity contribution in [2.75, 3.05) is 13.7 Å². The lowest BCUT2D eigenvalue weighted by Crippen LogP contribution is -2.32. The van der Waals surface area contributed by atoms with Gasteiger partial charge in [0, 0.05) is 12.1 Å². The van der Waals surface area contributed by atoms with Gasteiger partial charge < -0.3 is 15.2 Å². The van der Waals surface area contributed by atoms with Crippen LogP contribution in [0.15, 0.2) is 18.2 Å². The first-order valence-corrected chi connectivity index (χ1v) is 7.21. The number of aliphatic hydroxyl groups excluding tert-OH is 1. The highest BCUT2D eigenvalue weighted by molar-refractivity contribution is 5.94. The van der Waals surface area contributed by atoms with Crippen molar-refractivity contribution < 1.29 is 14.6 Å². The van der Waals surface area contributed by atoms with Crippen LogP contribution in [0, 0.1) is 12.8 Å². The van der Waals surface area contributed by atoms with E-state index in [1.165, 1.54) is 0 Å². The molecule has 20 heavy (non-hydrogen) atoms. The van der Waals surface area contributed by atoms with Gasteiger partial charge in [-0.3, -0.25) is 4.79 Å². The molecule has 1 fully saturated rings. The molecule has 1 aliphatic carbocycles. The van der Waals surface area contributed by atoms with Gasteiger partial charge in [-0.2, -0.15) is 0 Å².